The fraction of sp³-hybridized carbons (Fsp3) is 0.0426. The van der Waals surface area contributed by atoms with Crippen molar-refractivity contribution in [2.24, 2.45) is 0 Å². The third kappa shape index (κ3) is 5.71. The van der Waals surface area contributed by atoms with Gasteiger partial charge in [-0.15, -0.1) is 0 Å². The van der Waals surface area contributed by atoms with Gasteiger partial charge in [0, 0.05) is 47.0 Å². The molecular formula is C47H31N3OS2. The predicted molar refractivity (Wildman–Crippen MR) is 218 cm³/mol. The van der Waals surface area contributed by atoms with Crippen LogP contribution in [0.15, 0.2) is 176 Å². The molecule has 0 aliphatic carbocycles. The molecule has 0 amide bonds. The van der Waals surface area contributed by atoms with Gasteiger partial charge in [-0.3, -0.25) is 0 Å². The molecule has 0 radical (unpaired) electrons. The summed E-state index contributed by atoms with van der Waals surface area (Å²) in [4.78, 5) is 20.3. The lowest BCUT2D eigenvalue weighted by Gasteiger charge is -2.21. The average Bonchev–Trinajstić information content (AvgIpc) is 3.59. The van der Waals surface area contributed by atoms with E-state index < -0.39 is 0 Å². The third-order valence-corrected chi connectivity index (χ3v) is 12.4. The van der Waals surface area contributed by atoms with Crippen LogP contribution in [0.5, 0.6) is 0 Å². The minimum absolute atomic E-state index is 0.607. The lowest BCUT2D eigenvalue weighted by atomic mass is 9.92. The van der Waals surface area contributed by atoms with E-state index in [9.17, 15) is 0 Å². The molecule has 1 aliphatic rings. The van der Waals surface area contributed by atoms with Gasteiger partial charge in [0.15, 0.2) is 17.5 Å². The summed E-state index contributed by atoms with van der Waals surface area (Å²) in [6.45, 7) is 4.43. The standard InChI is InChI=1S/C47H31N3OS2/c1-28-20-21-32(25-35(28)36-27-43-42(24-29(36)2)52-40-18-9-10-19-41(40)53-43)33-22-23-38-37(26-33)44-34(16-11-17-39(44)51-38)47-49-45(30-12-5-3-6-13-30)48-46(50-47)31-14-7-4-8-15-31/h3-27H,1-2H3. The second kappa shape index (κ2) is 12.9. The van der Waals surface area contributed by atoms with Gasteiger partial charge in [0.2, 0.25) is 0 Å². The van der Waals surface area contributed by atoms with Gasteiger partial charge in [-0.2, -0.15) is 0 Å². The monoisotopic (exact) mass is 717 g/mol. The molecule has 0 saturated carbocycles. The molecule has 0 fully saturated rings. The van der Waals surface area contributed by atoms with Gasteiger partial charge in [-0.05, 0) is 95.8 Å². The van der Waals surface area contributed by atoms with Crippen molar-refractivity contribution in [3.05, 3.63) is 163 Å². The van der Waals surface area contributed by atoms with E-state index in [1.54, 1.807) is 0 Å². The van der Waals surface area contributed by atoms with Crippen molar-refractivity contribution in [1.82, 2.24) is 15.0 Å². The Morgan fingerprint density at radius 2 is 0.981 bits per heavy atom. The Morgan fingerprint density at radius 3 is 1.68 bits per heavy atom. The van der Waals surface area contributed by atoms with Crippen LogP contribution in [0.25, 0.3) is 78.4 Å². The van der Waals surface area contributed by atoms with Crippen molar-refractivity contribution >= 4 is 45.5 Å². The number of furan rings is 1. The maximum Gasteiger partial charge on any atom is 0.164 e. The summed E-state index contributed by atoms with van der Waals surface area (Å²) in [6.07, 6.45) is 0. The highest BCUT2D eigenvalue weighted by Gasteiger charge is 2.21. The van der Waals surface area contributed by atoms with E-state index in [1.807, 2.05) is 96.3 Å². The fourth-order valence-electron chi connectivity index (χ4n) is 7.18. The number of benzene rings is 7. The van der Waals surface area contributed by atoms with Gasteiger partial charge in [-0.25, -0.2) is 15.0 Å². The number of rotatable bonds is 5. The Bertz CT molecular complexity index is 2810. The van der Waals surface area contributed by atoms with Crippen LogP contribution in [0.4, 0.5) is 0 Å². The normalized spacial score (nSPS) is 12.2. The zero-order chi connectivity index (χ0) is 35.5. The SMILES string of the molecule is Cc1ccc(-c2ccc3oc4cccc(-c5nc(-c6ccccc6)nc(-c6ccccc6)n5)c4c3c2)cc1-c1cc2c(cc1C)Sc1ccccc1S2. The average molecular weight is 718 g/mol. The summed E-state index contributed by atoms with van der Waals surface area (Å²) in [5, 5.41) is 2.01. The van der Waals surface area contributed by atoms with Crippen molar-refractivity contribution < 1.29 is 4.42 Å². The number of aromatic nitrogens is 3. The van der Waals surface area contributed by atoms with Gasteiger partial charge >= 0.3 is 0 Å². The minimum Gasteiger partial charge on any atom is -0.456 e. The number of fused-ring (bicyclic) bond motifs is 5. The van der Waals surface area contributed by atoms with Gasteiger partial charge < -0.3 is 4.42 Å². The molecule has 0 unspecified atom stereocenters. The fourth-order valence-corrected chi connectivity index (χ4v) is 9.52. The molecule has 0 bridgehead atoms. The molecule has 53 heavy (non-hydrogen) atoms. The molecule has 0 N–H and O–H groups in total. The van der Waals surface area contributed by atoms with E-state index in [4.69, 9.17) is 19.4 Å². The van der Waals surface area contributed by atoms with Crippen LogP contribution < -0.4 is 0 Å². The van der Waals surface area contributed by atoms with Gasteiger partial charge in [0.1, 0.15) is 11.2 Å². The van der Waals surface area contributed by atoms with Crippen LogP contribution in [-0.4, -0.2) is 15.0 Å². The topological polar surface area (TPSA) is 51.8 Å². The first-order valence-electron chi connectivity index (χ1n) is 17.6. The molecule has 252 valence electrons. The smallest absolute Gasteiger partial charge is 0.164 e. The molecule has 0 atom stereocenters. The highest BCUT2D eigenvalue weighted by atomic mass is 32.2. The maximum atomic E-state index is 6.47. The molecule has 3 heterocycles. The Hall–Kier alpha value is -5.95. The molecule has 2 aromatic heterocycles. The summed E-state index contributed by atoms with van der Waals surface area (Å²) < 4.78 is 6.47. The van der Waals surface area contributed by atoms with E-state index in [0.717, 1.165) is 49.8 Å². The van der Waals surface area contributed by atoms with E-state index in [2.05, 4.69) is 92.7 Å². The summed E-state index contributed by atoms with van der Waals surface area (Å²) in [6, 6.07) is 53.0. The zero-order valence-corrected chi connectivity index (χ0v) is 30.6. The van der Waals surface area contributed by atoms with Crippen LogP contribution in [0.3, 0.4) is 0 Å². The van der Waals surface area contributed by atoms with Crippen molar-refractivity contribution in [3.63, 3.8) is 0 Å². The van der Waals surface area contributed by atoms with Crippen LogP contribution in [0.2, 0.25) is 0 Å². The maximum absolute atomic E-state index is 6.47. The first-order chi connectivity index (χ1) is 26.1. The molecule has 1 aliphatic heterocycles. The third-order valence-electron chi connectivity index (χ3n) is 9.88. The molecule has 10 rings (SSSR count). The first kappa shape index (κ1) is 31.8. The van der Waals surface area contributed by atoms with Gasteiger partial charge in [0.25, 0.3) is 0 Å². The van der Waals surface area contributed by atoms with Crippen molar-refractivity contribution in [1.29, 1.82) is 0 Å². The first-order valence-corrected chi connectivity index (χ1v) is 19.2. The number of hydrogen-bond donors (Lipinski definition) is 0. The lowest BCUT2D eigenvalue weighted by molar-refractivity contribution is 0.669. The van der Waals surface area contributed by atoms with E-state index >= 15 is 0 Å². The Balaban J connectivity index is 1.10. The zero-order valence-electron chi connectivity index (χ0n) is 29.0. The van der Waals surface area contributed by atoms with Crippen LogP contribution in [0.1, 0.15) is 11.1 Å². The molecule has 4 nitrogen and oxygen atoms in total. The quantitative estimate of drug-likeness (QED) is 0.177. The summed E-state index contributed by atoms with van der Waals surface area (Å²) in [5.74, 6) is 1.87. The summed E-state index contributed by atoms with van der Waals surface area (Å²) in [7, 11) is 0. The number of aryl methyl sites for hydroxylation is 2. The molecule has 7 aromatic carbocycles. The Morgan fingerprint density at radius 1 is 0.396 bits per heavy atom. The molecular weight excluding hydrogens is 687 g/mol. The molecule has 0 saturated heterocycles. The van der Waals surface area contributed by atoms with E-state index in [0.29, 0.717) is 17.5 Å². The van der Waals surface area contributed by atoms with Crippen molar-refractivity contribution in [3.8, 4) is 56.4 Å². The van der Waals surface area contributed by atoms with E-state index in [1.165, 1.54) is 41.8 Å². The lowest BCUT2D eigenvalue weighted by Crippen LogP contribution is -2.00. The second-order valence-corrected chi connectivity index (χ2v) is 15.5. The number of hydrogen-bond acceptors (Lipinski definition) is 6. The number of nitrogens with zero attached hydrogens (tertiary/aromatic N) is 3. The van der Waals surface area contributed by atoms with Crippen molar-refractivity contribution in [2.75, 3.05) is 0 Å². The highest BCUT2D eigenvalue weighted by Crippen LogP contribution is 2.50. The summed E-state index contributed by atoms with van der Waals surface area (Å²) >= 11 is 3.73. The van der Waals surface area contributed by atoms with Crippen LogP contribution in [0, 0.1) is 13.8 Å². The highest BCUT2D eigenvalue weighted by molar-refractivity contribution is 8.05. The predicted octanol–water partition coefficient (Wildman–Crippen LogP) is 13.3. The van der Waals surface area contributed by atoms with Crippen LogP contribution >= 0.6 is 23.5 Å². The van der Waals surface area contributed by atoms with E-state index in [-0.39, 0.29) is 0 Å². The van der Waals surface area contributed by atoms with Gasteiger partial charge in [0.05, 0.1) is 0 Å². The Labute approximate surface area is 316 Å². The van der Waals surface area contributed by atoms with Crippen LogP contribution in [-0.2, 0) is 0 Å². The van der Waals surface area contributed by atoms with Gasteiger partial charge in [-0.1, -0.05) is 127 Å². The molecule has 0 spiro atoms. The minimum atomic E-state index is 0.607. The largest absolute Gasteiger partial charge is 0.456 e. The summed E-state index contributed by atoms with van der Waals surface area (Å²) in [5.41, 5.74) is 11.7. The molecule has 9 aromatic rings. The van der Waals surface area contributed by atoms with Crippen molar-refractivity contribution in [2.45, 2.75) is 33.4 Å². The molecule has 6 heteroatoms. The second-order valence-electron chi connectivity index (χ2n) is 13.3. The Kier molecular flexibility index (Phi) is 7.74.